The van der Waals surface area contributed by atoms with Crippen LogP contribution >= 0.6 is 11.6 Å². The predicted octanol–water partition coefficient (Wildman–Crippen LogP) is 3.82. The van der Waals surface area contributed by atoms with Crippen molar-refractivity contribution in [3.05, 3.63) is 22.8 Å². The first kappa shape index (κ1) is 14.1. The zero-order valence-corrected chi connectivity index (χ0v) is 11.8. The molecule has 0 aromatic carbocycles. The number of anilines is 1. The first-order chi connectivity index (χ1) is 9.00. The van der Waals surface area contributed by atoms with Gasteiger partial charge in [-0.3, -0.25) is 0 Å². The molecular weight excluding hydrogens is 264 g/mol. The zero-order chi connectivity index (χ0) is 13.9. The van der Waals surface area contributed by atoms with Gasteiger partial charge in [0, 0.05) is 6.54 Å². The highest BCUT2D eigenvalue weighted by Crippen LogP contribution is 2.35. The monoisotopic (exact) mass is 282 g/mol. The van der Waals surface area contributed by atoms with E-state index in [0.717, 1.165) is 6.54 Å². The van der Waals surface area contributed by atoms with Crippen LogP contribution in [0.1, 0.15) is 49.5 Å². The minimum absolute atomic E-state index is 0.0968. The van der Waals surface area contributed by atoms with E-state index in [9.17, 15) is 4.79 Å². The van der Waals surface area contributed by atoms with Gasteiger partial charge in [0.1, 0.15) is 5.82 Å². The number of aromatic nitrogens is 1. The number of carboxylic acids is 1. The Morgan fingerprint density at radius 2 is 2.11 bits per heavy atom. The number of hydrogen-bond donors (Lipinski definition) is 2. The highest BCUT2D eigenvalue weighted by Gasteiger charge is 2.26. The molecule has 1 aromatic heterocycles. The molecule has 1 aromatic rings. The summed E-state index contributed by atoms with van der Waals surface area (Å²) in [4.78, 5) is 15.0. The van der Waals surface area contributed by atoms with E-state index >= 15 is 0 Å². The SMILES string of the molecule is CC1(CNc2ccc(Cl)c(C(=O)O)n2)CCCCC1. The first-order valence-corrected chi connectivity index (χ1v) is 7.02. The molecular formula is C14H19ClN2O2. The molecule has 19 heavy (non-hydrogen) atoms. The molecule has 0 spiro atoms. The fourth-order valence-corrected chi connectivity index (χ4v) is 2.76. The lowest BCUT2D eigenvalue weighted by atomic mass is 9.76. The number of nitrogens with one attached hydrogen (secondary N) is 1. The second-order valence-electron chi connectivity index (χ2n) is 5.56. The van der Waals surface area contributed by atoms with Crippen molar-refractivity contribution in [1.29, 1.82) is 0 Å². The highest BCUT2D eigenvalue weighted by atomic mass is 35.5. The number of carbonyl (C=O) groups is 1. The van der Waals surface area contributed by atoms with Crippen molar-refractivity contribution in [2.45, 2.75) is 39.0 Å². The number of halogens is 1. The molecule has 5 heteroatoms. The van der Waals surface area contributed by atoms with E-state index in [1.165, 1.54) is 32.1 Å². The van der Waals surface area contributed by atoms with Gasteiger partial charge in [0.2, 0.25) is 0 Å². The van der Waals surface area contributed by atoms with Gasteiger partial charge in [-0.05, 0) is 30.4 Å². The molecule has 0 amide bonds. The summed E-state index contributed by atoms with van der Waals surface area (Å²) in [7, 11) is 0. The summed E-state index contributed by atoms with van der Waals surface area (Å²) in [6, 6.07) is 3.30. The van der Waals surface area contributed by atoms with Crippen molar-refractivity contribution in [3.8, 4) is 0 Å². The molecule has 0 saturated heterocycles. The van der Waals surface area contributed by atoms with Crippen molar-refractivity contribution in [3.63, 3.8) is 0 Å². The minimum Gasteiger partial charge on any atom is -0.476 e. The summed E-state index contributed by atoms with van der Waals surface area (Å²) in [5, 5.41) is 12.4. The Kier molecular flexibility index (Phi) is 4.30. The predicted molar refractivity (Wildman–Crippen MR) is 75.9 cm³/mol. The largest absolute Gasteiger partial charge is 0.476 e. The fourth-order valence-electron chi connectivity index (χ4n) is 2.58. The number of pyridine rings is 1. The molecule has 0 atom stereocenters. The third-order valence-corrected chi connectivity index (χ3v) is 4.11. The van der Waals surface area contributed by atoms with Gasteiger partial charge in [-0.15, -0.1) is 0 Å². The zero-order valence-electron chi connectivity index (χ0n) is 11.1. The number of hydrogen-bond acceptors (Lipinski definition) is 3. The van der Waals surface area contributed by atoms with Crippen LogP contribution in [0.2, 0.25) is 5.02 Å². The fraction of sp³-hybridized carbons (Fsp3) is 0.571. The van der Waals surface area contributed by atoms with Crippen molar-refractivity contribution in [2.24, 2.45) is 5.41 Å². The topological polar surface area (TPSA) is 62.2 Å². The Balaban J connectivity index is 2.03. The summed E-state index contributed by atoms with van der Waals surface area (Å²) in [5.41, 5.74) is 0.184. The maximum atomic E-state index is 11.0. The Labute approximate surface area is 118 Å². The van der Waals surface area contributed by atoms with Crippen molar-refractivity contribution in [1.82, 2.24) is 4.98 Å². The third kappa shape index (κ3) is 3.60. The van der Waals surface area contributed by atoms with Crippen molar-refractivity contribution in [2.75, 3.05) is 11.9 Å². The van der Waals surface area contributed by atoms with Gasteiger partial charge in [0.15, 0.2) is 5.69 Å². The molecule has 1 saturated carbocycles. The van der Waals surface area contributed by atoms with Gasteiger partial charge in [0.25, 0.3) is 0 Å². The summed E-state index contributed by atoms with van der Waals surface area (Å²) in [6.45, 7) is 3.09. The quantitative estimate of drug-likeness (QED) is 0.881. The van der Waals surface area contributed by atoms with Crippen LogP contribution in [0.3, 0.4) is 0 Å². The lowest BCUT2D eigenvalue weighted by Gasteiger charge is -2.33. The molecule has 1 fully saturated rings. The normalized spacial score (nSPS) is 18.0. The van der Waals surface area contributed by atoms with Crippen LogP contribution in [0.25, 0.3) is 0 Å². The van der Waals surface area contributed by atoms with Crippen molar-refractivity contribution >= 4 is 23.4 Å². The molecule has 2 rings (SSSR count). The summed E-state index contributed by atoms with van der Waals surface area (Å²) < 4.78 is 0. The Morgan fingerprint density at radius 3 is 2.74 bits per heavy atom. The van der Waals surface area contributed by atoms with Gasteiger partial charge < -0.3 is 10.4 Å². The van der Waals surface area contributed by atoms with E-state index in [0.29, 0.717) is 5.82 Å². The average Bonchev–Trinajstić information content (AvgIpc) is 2.38. The van der Waals surface area contributed by atoms with Crippen LogP contribution in [-0.2, 0) is 0 Å². The summed E-state index contributed by atoms with van der Waals surface area (Å²) >= 11 is 5.80. The molecule has 0 aliphatic heterocycles. The van der Waals surface area contributed by atoms with Crippen LogP contribution in [0, 0.1) is 5.41 Å². The van der Waals surface area contributed by atoms with Gasteiger partial charge in [-0.2, -0.15) is 0 Å². The van der Waals surface area contributed by atoms with Crippen LogP contribution in [-0.4, -0.2) is 22.6 Å². The van der Waals surface area contributed by atoms with E-state index in [2.05, 4.69) is 17.2 Å². The first-order valence-electron chi connectivity index (χ1n) is 6.64. The second-order valence-corrected chi connectivity index (χ2v) is 5.96. The Bertz CT molecular complexity index is 471. The van der Waals surface area contributed by atoms with Crippen LogP contribution in [0.4, 0.5) is 5.82 Å². The smallest absolute Gasteiger partial charge is 0.356 e. The molecule has 0 bridgehead atoms. The number of rotatable bonds is 4. The minimum atomic E-state index is -1.10. The number of carboxylic acid groups (broad SMARTS) is 1. The molecule has 1 aliphatic rings. The lowest BCUT2D eigenvalue weighted by molar-refractivity contribution is 0.0691. The molecule has 2 N–H and O–H groups in total. The number of aromatic carboxylic acids is 1. The second kappa shape index (κ2) is 5.78. The molecule has 104 valence electrons. The Hall–Kier alpha value is -1.29. The van der Waals surface area contributed by atoms with Crippen LogP contribution < -0.4 is 5.32 Å². The maximum Gasteiger partial charge on any atom is 0.356 e. The molecule has 0 radical (unpaired) electrons. The van der Waals surface area contributed by atoms with Gasteiger partial charge in [0.05, 0.1) is 5.02 Å². The van der Waals surface area contributed by atoms with E-state index in [4.69, 9.17) is 16.7 Å². The standard InChI is InChI=1S/C14H19ClN2O2/c1-14(7-3-2-4-8-14)9-16-11-6-5-10(15)12(17-11)13(18)19/h5-6H,2-4,7-9H2,1H3,(H,16,17)(H,18,19). The number of nitrogens with zero attached hydrogens (tertiary/aromatic N) is 1. The van der Waals surface area contributed by atoms with Gasteiger partial charge in [-0.1, -0.05) is 37.8 Å². The van der Waals surface area contributed by atoms with Gasteiger partial charge >= 0.3 is 5.97 Å². The van der Waals surface area contributed by atoms with E-state index in [1.54, 1.807) is 12.1 Å². The van der Waals surface area contributed by atoms with E-state index < -0.39 is 5.97 Å². The summed E-state index contributed by atoms with van der Waals surface area (Å²) in [5.74, 6) is -0.522. The van der Waals surface area contributed by atoms with E-state index in [-0.39, 0.29) is 16.1 Å². The molecule has 4 nitrogen and oxygen atoms in total. The maximum absolute atomic E-state index is 11.0. The lowest BCUT2D eigenvalue weighted by Crippen LogP contribution is -2.29. The van der Waals surface area contributed by atoms with Gasteiger partial charge in [-0.25, -0.2) is 9.78 Å². The highest BCUT2D eigenvalue weighted by molar-refractivity contribution is 6.33. The van der Waals surface area contributed by atoms with Crippen LogP contribution in [0.5, 0.6) is 0 Å². The average molecular weight is 283 g/mol. The Morgan fingerprint density at radius 1 is 1.42 bits per heavy atom. The van der Waals surface area contributed by atoms with Crippen molar-refractivity contribution < 1.29 is 9.90 Å². The molecule has 1 aliphatic carbocycles. The summed E-state index contributed by atoms with van der Waals surface area (Å²) in [6.07, 6.45) is 6.27. The van der Waals surface area contributed by atoms with E-state index in [1.807, 2.05) is 0 Å². The third-order valence-electron chi connectivity index (χ3n) is 3.81. The molecule has 0 unspecified atom stereocenters. The van der Waals surface area contributed by atoms with Crippen LogP contribution in [0.15, 0.2) is 12.1 Å². The molecule has 1 heterocycles.